The Labute approximate surface area is 104 Å². The summed E-state index contributed by atoms with van der Waals surface area (Å²) in [5.41, 5.74) is -0.164. The maximum Gasteiger partial charge on any atom is 0.140 e. The maximum absolute atomic E-state index is 13.8. The van der Waals surface area contributed by atoms with Gasteiger partial charge in [0, 0.05) is 12.1 Å². The van der Waals surface area contributed by atoms with Crippen LogP contribution in [0.1, 0.15) is 19.8 Å². The van der Waals surface area contributed by atoms with E-state index >= 15 is 0 Å². The van der Waals surface area contributed by atoms with Crippen LogP contribution in [0.15, 0.2) is 34.9 Å². The summed E-state index contributed by atoms with van der Waals surface area (Å²) in [6.07, 6.45) is 3.19. The Bertz CT molecular complexity index is 484. The molecule has 1 aromatic heterocycles. The third kappa shape index (κ3) is 2.70. The second-order valence-corrected chi connectivity index (χ2v) is 3.94. The van der Waals surface area contributed by atoms with Gasteiger partial charge in [0.05, 0.1) is 18.4 Å². The number of hydrogen-bond acceptors (Lipinski definition) is 2. The van der Waals surface area contributed by atoms with Crippen molar-refractivity contribution in [3.8, 4) is 17.1 Å². The minimum Gasteiger partial charge on any atom is -0.493 e. The Morgan fingerprint density at radius 1 is 1.22 bits per heavy atom. The molecule has 2 aromatic rings. The zero-order chi connectivity index (χ0) is 13.0. The monoisotopic (exact) mass is 252 g/mol. The quantitative estimate of drug-likeness (QED) is 0.736. The highest BCUT2D eigenvalue weighted by molar-refractivity contribution is 5.60. The van der Waals surface area contributed by atoms with Crippen LogP contribution in [0, 0.1) is 11.6 Å². The van der Waals surface area contributed by atoms with Crippen LogP contribution >= 0.6 is 0 Å². The zero-order valence-corrected chi connectivity index (χ0v) is 10.1. The molecule has 0 saturated heterocycles. The van der Waals surface area contributed by atoms with Gasteiger partial charge in [0.1, 0.15) is 23.1 Å². The Morgan fingerprint density at radius 3 is 2.50 bits per heavy atom. The third-order valence-electron chi connectivity index (χ3n) is 2.55. The Morgan fingerprint density at radius 2 is 1.94 bits per heavy atom. The fraction of sp³-hybridized carbons (Fsp3) is 0.286. The fourth-order valence-corrected chi connectivity index (χ4v) is 1.62. The van der Waals surface area contributed by atoms with Gasteiger partial charge in [-0.25, -0.2) is 8.78 Å². The molecule has 2 nitrogen and oxygen atoms in total. The summed E-state index contributed by atoms with van der Waals surface area (Å²) in [7, 11) is 0. The summed E-state index contributed by atoms with van der Waals surface area (Å²) < 4.78 is 37.9. The number of unbranched alkanes of at least 4 members (excludes halogenated alkanes) is 1. The molecular weight excluding hydrogens is 238 g/mol. The molecule has 1 heterocycles. The van der Waals surface area contributed by atoms with Gasteiger partial charge in [0.25, 0.3) is 0 Å². The van der Waals surface area contributed by atoms with E-state index in [0.717, 1.165) is 12.8 Å². The molecule has 0 N–H and O–H groups in total. The Hall–Kier alpha value is -1.84. The molecule has 0 amide bonds. The van der Waals surface area contributed by atoms with E-state index in [4.69, 9.17) is 9.15 Å². The van der Waals surface area contributed by atoms with Crippen molar-refractivity contribution < 1.29 is 17.9 Å². The van der Waals surface area contributed by atoms with E-state index in [1.807, 2.05) is 6.92 Å². The molecule has 0 unspecified atom stereocenters. The number of hydrogen-bond donors (Lipinski definition) is 0. The van der Waals surface area contributed by atoms with Crippen molar-refractivity contribution >= 4 is 0 Å². The van der Waals surface area contributed by atoms with E-state index in [9.17, 15) is 8.78 Å². The molecule has 0 radical (unpaired) electrons. The number of halogens is 2. The van der Waals surface area contributed by atoms with Gasteiger partial charge >= 0.3 is 0 Å². The topological polar surface area (TPSA) is 22.4 Å². The van der Waals surface area contributed by atoms with Crippen LogP contribution in [-0.2, 0) is 0 Å². The average Bonchev–Trinajstić information content (AvgIpc) is 2.82. The van der Waals surface area contributed by atoms with E-state index in [2.05, 4.69) is 0 Å². The predicted molar refractivity (Wildman–Crippen MR) is 64.5 cm³/mol. The average molecular weight is 252 g/mol. The molecule has 18 heavy (non-hydrogen) atoms. The highest BCUT2D eigenvalue weighted by Gasteiger charge is 2.15. The van der Waals surface area contributed by atoms with Gasteiger partial charge in [-0.3, -0.25) is 0 Å². The second-order valence-electron chi connectivity index (χ2n) is 3.94. The van der Waals surface area contributed by atoms with E-state index in [-0.39, 0.29) is 17.1 Å². The summed E-state index contributed by atoms with van der Waals surface area (Å²) in [6.45, 7) is 2.47. The van der Waals surface area contributed by atoms with Gasteiger partial charge in [-0.05, 0) is 18.6 Å². The smallest absolute Gasteiger partial charge is 0.140 e. The summed E-state index contributed by atoms with van der Waals surface area (Å²) >= 11 is 0. The van der Waals surface area contributed by atoms with Gasteiger partial charge < -0.3 is 9.15 Å². The lowest BCUT2D eigenvalue weighted by Gasteiger charge is -2.08. The van der Waals surface area contributed by atoms with Crippen molar-refractivity contribution in [2.75, 3.05) is 6.61 Å². The first-order valence-electron chi connectivity index (χ1n) is 5.88. The van der Waals surface area contributed by atoms with Gasteiger partial charge in [-0.2, -0.15) is 0 Å². The van der Waals surface area contributed by atoms with Gasteiger partial charge in [-0.1, -0.05) is 13.3 Å². The van der Waals surface area contributed by atoms with Gasteiger partial charge in [-0.15, -0.1) is 0 Å². The first-order valence-corrected chi connectivity index (χ1v) is 5.88. The molecule has 0 aliphatic rings. The Kier molecular flexibility index (Phi) is 3.97. The van der Waals surface area contributed by atoms with Crippen LogP contribution in [0.3, 0.4) is 0 Å². The first kappa shape index (κ1) is 12.6. The van der Waals surface area contributed by atoms with Gasteiger partial charge in [0.2, 0.25) is 0 Å². The molecule has 0 spiro atoms. The van der Waals surface area contributed by atoms with Crippen molar-refractivity contribution in [3.05, 3.63) is 42.2 Å². The van der Waals surface area contributed by atoms with Crippen LogP contribution in [0.4, 0.5) is 8.78 Å². The minimum atomic E-state index is -0.684. The minimum absolute atomic E-state index is 0.164. The SMILES string of the molecule is CCCCOc1cc(F)c(-c2ccco2)c(F)c1. The summed E-state index contributed by atoms with van der Waals surface area (Å²) in [5.74, 6) is -0.994. The normalized spacial score (nSPS) is 10.6. The molecule has 0 fully saturated rings. The van der Waals surface area contributed by atoms with Crippen LogP contribution in [0.2, 0.25) is 0 Å². The molecule has 0 saturated carbocycles. The van der Waals surface area contributed by atoms with Crippen LogP contribution < -0.4 is 4.74 Å². The largest absolute Gasteiger partial charge is 0.493 e. The molecule has 2 rings (SSSR count). The second kappa shape index (κ2) is 5.67. The maximum atomic E-state index is 13.8. The van der Waals surface area contributed by atoms with Crippen molar-refractivity contribution in [2.24, 2.45) is 0 Å². The summed E-state index contributed by atoms with van der Waals surface area (Å²) in [6, 6.07) is 5.45. The fourth-order valence-electron chi connectivity index (χ4n) is 1.62. The van der Waals surface area contributed by atoms with E-state index in [1.54, 1.807) is 6.07 Å². The first-order chi connectivity index (χ1) is 8.72. The molecule has 96 valence electrons. The standard InChI is InChI=1S/C14H14F2O2/c1-2-3-6-17-10-8-11(15)14(12(16)9-10)13-5-4-7-18-13/h4-5,7-9H,2-3,6H2,1H3. The van der Waals surface area contributed by atoms with Crippen molar-refractivity contribution in [1.29, 1.82) is 0 Å². The molecule has 4 heteroatoms. The van der Waals surface area contributed by atoms with Crippen molar-refractivity contribution in [3.63, 3.8) is 0 Å². The summed E-state index contributed by atoms with van der Waals surface area (Å²) in [4.78, 5) is 0. The van der Waals surface area contributed by atoms with E-state index in [1.165, 1.54) is 24.5 Å². The third-order valence-corrected chi connectivity index (χ3v) is 2.55. The molecule has 0 aliphatic carbocycles. The summed E-state index contributed by atoms with van der Waals surface area (Å²) in [5, 5.41) is 0. The Balaban J connectivity index is 2.24. The highest BCUT2D eigenvalue weighted by atomic mass is 19.1. The number of furan rings is 1. The lowest BCUT2D eigenvalue weighted by atomic mass is 10.1. The van der Waals surface area contributed by atoms with Crippen LogP contribution in [0.25, 0.3) is 11.3 Å². The number of benzene rings is 1. The lowest BCUT2D eigenvalue weighted by Crippen LogP contribution is -1.99. The molecular formula is C14H14F2O2. The van der Waals surface area contributed by atoms with E-state index in [0.29, 0.717) is 6.61 Å². The molecule has 0 bridgehead atoms. The highest BCUT2D eigenvalue weighted by Crippen LogP contribution is 2.30. The number of rotatable bonds is 5. The van der Waals surface area contributed by atoms with Crippen LogP contribution in [-0.4, -0.2) is 6.61 Å². The lowest BCUT2D eigenvalue weighted by molar-refractivity contribution is 0.306. The van der Waals surface area contributed by atoms with Gasteiger partial charge in [0.15, 0.2) is 0 Å². The molecule has 0 aliphatic heterocycles. The number of ether oxygens (including phenoxy) is 1. The predicted octanol–water partition coefficient (Wildman–Crippen LogP) is 4.40. The van der Waals surface area contributed by atoms with Crippen molar-refractivity contribution in [1.82, 2.24) is 0 Å². The van der Waals surface area contributed by atoms with Crippen molar-refractivity contribution in [2.45, 2.75) is 19.8 Å². The van der Waals surface area contributed by atoms with Crippen LogP contribution in [0.5, 0.6) is 5.75 Å². The van der Waals surface area contributed by atoms with E-state index < -0.39 is 11.6 Å². The molecule has 1 aromatic carbocycles. The molecule has 0 atom stereocenters. The zero-order valence-electron chi connectivity index (χ0n) is 10.1.